The Morgan fingerprint density at radius 2 is 1.65 bits per heavy atom. The normalized spacial score (nSPS) is 16.6. The van der Waals surface area contributed by atoms with Gasteiger partial charge >= 0.3 is 0 Å². The van der Waals surface area contributed by atoms with E-state index < -0.39 is 0 Å². The van der Waals surface area contributed by atoms with Crippen LogP contribution in [0.1, 0.15) is 0 Å². The third-order valence-corrected chi connectivity index (χ3v) is 4.32. The molecule has 0 aliphatic carbocycles. The fraction of sp³-hybridized carbons (Fsp3) is 0.500. The molecule has 1 saturated heterocycles. The lowest BCUT2D eigenvalue weighted by Gasteiger charge is -2.34. The van der Waals surface area contributed by atoms with Crippen molar-refractivity contribution in [3.05, 3.63) is 41.9 Å². The number of rotatable bonds is 7. The van der Waals surface area contributed by atoms with Gasteiger partial charge in [-0.1, -0.05) is 11.6 Å². The minimum absolute atomic E-state index is 0.709. The second-order valence-corrected chi connectivity index (χ2v) is 6.08. The Hall–Kier alpha value is -1.63. The van der Waals surface area contributed by atoms with E-state index in [1.54, 1.807) is 12.7 Å². The highest BCUT2D eigenvalue weighted by Gasteiger charge is 2.16. The fourth-order valence-electron chi connectivity index (χ4n) is 2.65. The third kappa shape index (κ3) is 5.20. The number of hydrogen-bond acceptors (Lipinski definition) is 5. The molecule has 0 amide bonds. The molecular weight excluding hydrogens is 314 g/mol. The van der Waals surface area contributed by atoms with Crippen LogP contribution in [0, 0.1) is 0 Å². The summed E-state index contributed by atoms with van der Waals surface area (Å²) in [4.78, 5) is 8.88. The Morgan fingerprint density at radius 1 is 0.957 bits per heavy atom. The third-order valence-electron chi connectivity index (χ3n) is 4.07. The van der Waals surface area contributed by atoms with E-state index in [4.69, 9.17) is 16.3 Å². The van der Waals surface area contributed by atoms with E-state index in [9.17, 15) is 0 Å². The summed E-state index contributed by atoms with van der Waals surface area (Å²) in [5.74, 6) is 0.876. The van der Waals surface area contributed by atoms with Crippen molar-refractivity contribution in [2.24, 2.45) is 0 Å². The van der Waals surface area contributed by atoms with Crippen molar-refractivity contribution < 1.29 is 4.74 Å². The lowest BCUT2D eigenvalue weighted by molar-refractivity contribution is 0.113. The summed E-state index contributed by atoms with van der Waals surface area (Å²) in [6.07, 6.45) is 3.35. The summed E-state index contributed by atoms with van der Waals surface area (Å²) in [6.45, 7) is 7.95. The second-order valence-electron chi connectivity index (χ2n) is 5.64. The molecule has 1 aromatic carbocycles. The summed E-state index contributed by atoms with van der Waals surface area (Å²) in [6, 6.07) is 7.52. The number of nitrogens with zero attached hydrogens (tertiary/aromatic N) is 5. The Labute approximate surface area is 141 Å². The van der Waals surface area contributed by atoms with E-state index in [0.717, 1.165) is 56.6 Å². The van der Waals surface area contributed by atoms with Crippen LogP contribution in [0.2, 0.25) is 5.02 Å². The summed E-state index contributed by atoms with van der Waals surface area (Å²) >= 11 is 5.86. The topological polar surface area (TPSA) is 46.4 Å². The van der Waals surface area contributed by atoms with E-state index in [0.29, 0.717) is 6.61 Å². The molecule has 6 nitrogen and oxygen atoms in total. The van der Waals surface area contributed by atoms with Crippen molar-refractivity contribution in [3.8, 4) is 5.75 Å². The Kier molecular flexibility index (Phi) is 5.85. The SMILES string of the molecule is Clc1ccc(OCCN2CCN(CCn3cncn3)CC2)cc1. The van der Waals surface area contributed by atoms with Crippen LogP contribution >= 0.6 is 11.6 Å². The van der Waals surface area contributed by atoms with Crippen molar-refractivity contribution in [2.75, 3.05) is 45.9 Å². The van der Waals surface area contributed by atoms with Gasteiger partial charge in [0.15, 0.2) is 0 Å². The molecule has 7 heteroatoms. The lowest BCUT2D eigenvalue weighted by atomic mass is 10.3. The molecule has 2 aromatic rings. The average molecular weight is 336 g/mol. The lowest BCUT2D eigenvalue weighted by Crippen LogP contribution is -2.48. The predicted octanol–water partition coefficient (Wildman–Crippen LogP) is 1.63. The van der Waals surface area contributed by atoms with Crippen LogP contribution in [-0.2, 0) is 6.54 Å². The predicted molar refractivity (Wildman–Crippen MR) is 89.8 cm³/mol. The smallest absolute Gasteiger partial charge is 0.137 e. The maximum Gasteiger partial charge on any atom is 0.137 e. The molecule has 0 bridgehead atoms. The average Bonchev–Trinajstić information content (AvgIpc) is 3.09. The van der Waals surface area contributed by atoms with Crippen LogP contribution in [-0.4, -0.2) is 70.4 Å². The number of aromatic nitrogens is 3. The fourth-order valence-corrected chi connectivity index (χ4v) is 2.78. The van der Waals surface area contributed by atoms with Gasteiger partial charge in [0.05, 0.1) is 6.54 Å². The largest absolute Gasteiger partial charge is 0.492 e. The Bertz CT molecular complexity index is 567. The summed E-state index contributed by atoms with van der Waals surface area (Å²) in [7, 11) is 0. The van der Waals surface area contributed by atoms with Gasteiger partial charge in [-0.2, -0.15) is 5.10 Å². The number of hydrogen-bond donors (Lipinski definition) is 0. The van der Waals surface area contributed by atoms with Crippen molar-refractivity contribution in [1.82, 2.24) is 24.6 Å². The zero-order valence-electron chi connectivity index (χ0n) is 13.1. The summed E-state index contributed by atoms with van der Waals surface area (Å²) in [5, 5.41) is 4.87. The van der Waals surface area contributed by atoms with Crippen LogP contribution in [0.3, 0.4) is 0 Å². The molecule has 1 aromatic heterocycles. The minimum Gasteiger partial charge on any atom is -0.492 e. The van der Waals surface area contributed by atoms with Crippen LogP contribution in [0.25, 0.3) is 0 Å². The maximum absolute atomic E-state index is 5.86. The zero-order valence-corrected chi connectivity index (χ0v) is 13.9. The van der Waals surface area contributed by atoms with Gasteiger partial charge < -0.3 is 4.74 Å². The van der Waals surface area contributed by atoms with Crippen LogP contribution in [0.15, 0.2) is 36.9 Å². The highest BCUT2D eigenvalue weighted by molar-refractivity contribution is 6.30. The first kappa shape index (κ1) is 16.2. The number of halogens is 1. The van der Waals surface area contributed by atoms with E-state index in [-0.39, 0.29) is 0 Å². The van der Waals surface area contributed by atoms with Gasteiger partial charge in [-0.3, -0.25) is 14.5 Å². The van der Waals surface area contributed by atoms with Crippen molar-refractivity contribution >= 4 is 11.6 Å². The van der Waals surface area contributed by atoms with Crippen LogP contribution in [0.4, 0.5) is 0 Å². The van der Waals surface area contributed by atoms with Crippen LogP contribution in [0.5, 0.6) is 5.75 Å². The van der Waals surface area contributed by atoms with Crippen molar-refractivity contribution in [1.29, 1.82) is 0 Å². The molecule has 23 heavy (non-hydrogen) atoms. The molecule has 0 N–H and O–H groups in total. The first-order valence-electron chi connectivity index (χ1n) is 7.95. The maximum atomic E-state index is 5.86. The Morgan fingerprint density at radius 3 is 2.30 bits per heavy atom. The molecule has 0 unspecified atom stereocenters. The molecule has 3 rings (SSSR count). The molecule has 0 atom stereocenters. The minimum atomic E-state index is 0.709. The van der Waals surface area contributed by atoms with Gasteiger partial charge in [-0.15, -0.1) is 0 Å². The molecule has 0 spiro atoms. The van der Waals surface area contributed by atoms with Gasteiger partial charge in [-0.25, -0.2) is 4.98 Å². The highest BCUT2D eigenvalue weighted by atomic mass is 35.5. The number of piperazine rings is 1. The van der Waals surface area contributed by atoms with E-state index in [1.165, 1.54) is 0 Å². The molecule has 124 valence electrons. The van der Waals surface area contributed by atoms with E-state index in [2.05, 4.69) is 19.9 Å². The summed E-state index contributed by atoms with van der Waals surface area (Å²) < 4.78 is 7.64. The highest BCUT2D eigenvalue weighted by Crippen LogP contribution is 2.15. The molecular formula is C16H22ClN5O. The molecule has 0 radical (unpaired) electrons. The van der Waals surface area contributed by atoms with Gasteiger partial charge in [0.25, 0.3) is 0 Å². The van der Waals surface area contributed by atoms with Crippen LogP contribution < -0.4 is 4.74 Å². The van der Waals surface area contributed by atoms with Gasteiger partial charge in [0, 0.05) is 44.3 Å². The number of benzene rings is 1. The number of ether oxygens (including phenoxy) is 1. The van der Waals surface area contributed by atoms with Crippen molar-refractivity contribution in [2.45, 2.75) is 6.54 Å². The van der Waals surface area contributed by atoms with Gasteiger partial charge in [0.2, 0.25) is 0 Å². The molecule has 0 saturated carbocycles. The summed E-state index contributed by atoms with van der Waals surface area (Å²) in [5.41, 5.74) is 0. The first-order chi connectivity index (χ1) is 11.3. The first-order valence-corrected chi connectivity index (χ1v) is 8.33. The molecule has 2 heterocycles. The quantitative estimate of drug-likeness (QED) is 0.769. The van der Waals surface area contributed by atoms with E-state index >= 15 is 0 Å². The molecule has 1 aliphatic heterocycles. The second kappa shape index (κ2) is 8.29. The van der Waals surface area contributed by atoms with E-state index in [1.807, 2.05) is 28.9 Å². The Balaban J connectivity index is 1.30. The zero-order chi connectivity index (χ0) is 15.9. The monoisotopic (exact) mass is 335 g/mol. The molecule has 1 aliphatic rings. The molecule has 1 fully saturated rings. The van der Waals surface area contributed by atoms with Gasteiger partial charge in [0.1, 0.15) is 25.0 Å². The van der Waals surface area contributed by atoms with Crippen molar-refractivity contribution in [3.63, 3.8) is 0 Å². The standard InChI is InChI=1S/C16H22ClN5O/c17-15-1-3-16(4-2-15)23-12-11-21-7-5-20(6-8-21)9-10-22-14-18-13-19-22/h1-4,13-14H,5-12H2. The van der Waals surface area contributed by atoms with Gasteiger partial charge in [-0.05, 0) is 24.3 Å².